The highest BCUT2D eigenvalue weighted by molar-refractivity contribution is 7.22. The van der Waals surface area contributed by atoms with E-state index in [9.17, 15) is 14.9 Å². The summed E-state index contributed by atoms with van der Waals surface area (Å²) in [7, 11) is 0. The number of nitro benzene ring substituents is 1. The average Bonchev–Trinajstić information content (AvgIpc) is 2.91. The van der Waals surface area contributed by atoms with Gasteiger partial charge in [-0.05, 0) is 30.7 Å². The highest BCUT2D eigenvalue weighted by Crippen LogP contribution is 2.28. The van der Waals surface area contributed by atoms with E-state index in [2.05, 4.69) is 10.3 Å². The summed E-state index contributed by atoms with van der Waals surface area (Å²) in [6, 6.07) is 11.3. The number of fused-ring (bicyclic) bond motifs is 1. The van der Waals surface area contributed by atoms with Crippen molar-refractivity contribution in [2.45, 2.75) is 6.92 Å². The Hall–Kier alpha value is -2.80. The number of rotatable bonds is 3. The summed E-state index contributed by atoms with van der Waals surface area (Å²) in [5.74, 6) is -0.341. The first-order valence-electron chi connectivity index (χ1n) is 6.46. The molecule has 2 aromatic carbocycles. The number of nitro groups is 1. The van der Waals surface area contributed by atoms with Crippen molar-refractivity contribution < 1.29 is 9.72 Å². The van der Waals surface area contributed by atoms with E-state index >= 15 is 0 Å². The van der Waals surface area contributed by atoms with Gasteiger partial charge in [-0.15, -0.1) is 0 Å². The largest absolute Gasteiger partial charge is 0.298 e. The minimum absolute atomic E-state index is 0.0489. The Bertz CT molecular complexity index is 871. The molecule has 0 atom stereocenters. The lowest BCUT2D eigenvalue weighted by Crippen LogP contribution is -2.11. The van der Waals surface area contributed by atoms with Gasteiger partial charge in [-0.1, -0.05) is 23.5 Å². The van der Waals surface area contributed by atoms with Gasteiger partial charge >= 0.3 is 0 Å². The third kappa shape index (κ3) is 2.66. The number of nitrogens with one attached hydrogen (secondary N) is 1. The molecule has 0 aliphatic carbocycles. The molecule has 1 N–H and O–H groups in total. The predicted octanol–water partition coefficient (Wildman–Crippen LogP) is 3.77. The Morgan fingerprint density at radius 2 is 1.95 bits per heavy atom. The molecule has 0 aliphatic rings. The van der Waals surface area contributed by atoms with Crippen LogP contribution in [-0.2, 0) is 0 Å². The Morgan fingerprint density at radius 1 is 1.23 bits per heavy atom. The number of carbonyl (C=O) groups is 1. The molecule has 1 aromatic heterocycles. The van der Waals surface area contributed by atoms with Crippen LogP contribution in [0, 0.1) is 17.0 Å². The summed E-state index contributed by atoms with van der Waals surface area (Å²) in [6.45, 7) is 1.96. The predicted molar refractivity (Wildman–Crippen MR) is 85.4 cm³/mol. The lowest BCUT2D eigenvalue weighted by molar-refractivity contribution is -0.384. The molecular formula is C15H11N3O3S. The van der Waals surface area contributed by atoms with Gasteiger partial charge < -0.3 is 0 Å². The van der Waals surface area contributed by atoms with E-state index in [1.54, 1.807) is 0 Å². The summed E-state index contributed by atoms with van der Waals surface area (Å²) in [4.78, 5) is 26.6. The fraction of sp³-hybridized carbons (Fsp3) is 0.0667. The van der Waals surface area contributed by atoms with Crippen LogP contribution in [0.2, 0.25) is 0 Å². The van der Waals surface area contributed by atoms with Crippen LogP contribution in [0.3, 0.4) is 0 Å². The molecule has 6 nitrogen and oxygen atoms in total. The molecule has 3 aromatic rings. The number of nitrogens with zero attached hydrogens (tertiary/aromatic N) is 2. The number of benzene rings is 2. The maximum atomic E-state index is 12.1. The first kappa shape index (κ1) is 14.2. The molecule has 22 heavy (non-hydrogen) atoms. The van der Waals surface area contributed by atoms with Crippen molar-refractivity contribution in [1.82, 2.24) is 4.98 Å². The maximum absolute atomic E-state index is 12.1. The number of non-ortho nitro benzene ring substituents is 1. The number of hydrogen-bond acceptors (Lipinski definition) is 5. The Morgan fingerprint density at radius 3 is 2.59 bits per heavy atom. The number of aryl methyl sites for hydroxylation is 1. The van der Waals surface area contributed by atoms with Crippen molar-refractivity contribution in [2.75, 3.05) is 5.32 Å². The third-order valence-corrected chi connectivity index (χ3v) is 4.12. The third-order valence-electron chi connectivity index (χ3n) is 3.18. The molecule has 0 spiro atoms. The van der Waals surface area contributed by atoms with Gasteiger partial charge in [-0.2, -0.15) is 0 Å². The van der Waals surface area contributed by atoms with E-state index in [4.69, 9.17) is 0 Å². The number of amides is 1. The van der Waals surface area contributed by atoms with E-state index in [0.29, 0.717) is 10.7 Å². The van der Waals surface area contributed by atoms with Gasteiger partial charge in [-0.3, -0.25) is 20.2 Å². The molecule has 110 valence electrons. The second-order valence-electron chi connectivity index (χ2n) is 4.70. The van der Waals surface area contributed by atoms with Crippen LogP contribution in [0.1, 0.15) is 15.9 Å². The molecular weight excluding hydrogens is 302 g/mol. The Balaban J connectivity index is 1.83. The van der Waals surface area contributed by atoms with Crippen LogP contribution in [-0.4, -0.2) is 15.8 Å². The van der Waals surface area contributed by atoms with Gasteiger partial charge in [0.2, 0.25) is 0 Å². The van der Waals surface area contributed by atoms with Crippen molar-refractivity contribution >= 4 is 38.3 Å². The number of aromatic nitrogens is 1. The fourth-order valence-corrected chi connectivity index (χ4v) is 2.98. The maximum Gasteiger partial charge on any atom is 0.269 e. The molecule has 0 saturated heterocycles. The second kappa shape index (κ2) is 5.53. The second-order valence-corrected chi connectivity index (χ2v) is 5.73. The van der Waals surface area contributed by atoms with Gasteiger partial charge in [0, 0.05) is 17.7 Å². The van der Waals surface area contributed by atoms with E-state index in [1.165, 1.54) is 35.6 Å². The van der Waals surface area contributed by atoms with Crippen LogP contribution >= 0.6 is 11.3 Å². The van der Waals surface area contributed by atoms with Crippen LogP contribution in [0.4, 0.5) is 10.8 Å². The van der Waals surface area contributed by atoms with E-state index in [0.717, 1.165) is 15.8 Å². The first-order chi connectivity index (χ1) is 10.5. The zero-order chi connectivity index (χ0) is 15.7. The van der Waals surface area contributed by atoms with Gasteiger partial charge in [0.1, 0.15) is 0 Å². The van der Waals surface area contributed by atoms with Crippen molar-refractivity contribution in [2.24, 2.45) is 0 Å². The van der Waals surface area contributed by atoms with Crippen molar-refractivity contribution in [3.8, 4) is 0 Å². The average molecular weight is 313 g/mol. The number of para-hydroxylation sites is 1. The summed E-state index contributed by atoms with van der Waals surface area (Å²) >= 11 is 1.39. The summed E-state index contributed by atoms with van der Waals surface area (Å²) in [6.07, 6.45) is 0. The molecule has 7 heteroatoms. The van der Waals surface area contributed by atoms with Gasteiger partial charge in [0.25, 0.3) is 11.6 Å². The molecule has 0 unspecified atom stereocenters. The monoisotopic (exact) mass is 313 g/mol. The van der Waals surface area contributed by atoms with E-state index in [1.807, 2.05) is 25.1 Å². The number of anilines is 1. The zero-order valence-electron chi connectivity index (χ0n) is 11.6. The Labute approximate surface area is 129 Å². The van der Waals surface area contributed by atoms with Gasteiger partial charge in [0.05, 0.1) is 15.1 Å². The smallest absolute Gasteiger partial charge is 0.269 e. The first-order valence-corrected chi connectivity index (χ1v) is 7.28. The van der Waals surface area contributed by atoms with Crippen molar-refractivity contribution in [3.63, 3.8) is 0 Å². The van der Waals surface area contributed by atoms with Crippen LogP contribution in [0.5, 0.6) is 0 Å². The lowest BCUT2D eigenvalue weighted by Gasteiger charge is -2.01. The van der Waals surface area contributed by atoms with Crippen molar-refractivity contribution in [1.29, 1.82) is 0 Å². The molecule has 0 fully saturated rings. The highest BCUT2D eigenvalue weighted by Gasteiger charge is 2.12. The zero-order valence-corrected chi connectivity index (χ0v) is 12.4. The van der Waals surface area contributed by atoms with E-state index in [-0.39, 0.29) is 11.6 Å². The normalized spacial score (nSPS) is 10.6. The Kier molecular flexibility index (Phi) is 3.56. The minimum atomic E-state index is -0.502. The standard InChI is InChI=1S/C15H11N3O3S/c1-9-3-2-4-12-13(9)16-15(22-12)17-14(19)10-5-7-11(8-6-10)18(20)21/h2-8H,1H3,(H,16,17,19). The van der Waals surface area contributed by atoms with Crippen LogP contribution in [0.25, 0.3) is 10.2 Å². The highest BCUT2D eigenvalue weighted by atomic mass is 32.1. The van der Waals surface area contributed by atoms with E-state index < -0.39 is 4.92 Å². The topological polar surface area (TPSA) is 85.1 Å². The summed E-state index contributed by atoms with van der Waals surface area (Å²) in [5.41, 5.74) is 2.21. The van der Waals surface area contributed by atoms with Crippen LogP contribution < -0.4 is 5.32 Å². The van der Waals surface area contributed by atoms with Crippen LogP contribution in [0.15, 0.2) is 42.5 Å². The SMILES string of the molecule is Cc1cccc2sc(NC(=O)c3ccc([N+](=O)[O-])cc3)nc12. The quantitative estimate of drug-likeness (QED) is 0.589. The number of hydrogen-bond donors (Lipinski definition) is 1. The summed E-state index contributed by atoms with van der Waals surface area (Å²) in [5, 5.41) is 13.8. The molecule has 1 heterocycles. The van der Waals surface area contributed by atoms with Crippen molar-refractivity contribution in [3.05, 3.63) is 63.7 Å². The minimum Gasteiger partial charge on any atom is -0.298 e. The number of carbonyl (C=O) groups excluding carboxylic acids is 1. The molecule has 0 aliphatic heterocycles. The molecule has 0 bridgehead atoms. The fourth-order valence-electron chi connectivity index (χ4n) is 2.04. The molecule has 1 amide bonds. The molecule has 0 radical (unpaired) electrons. The van der Waals surface area contributed by atoms with Gasteiger partial charge in [-0.25, -0.2) is 4.98 Å². The van der Waals surface area contributed by atoms with Gasteiger partial charge in [0.15, 0.2) is 5.13 Å². The summed E-state index contributed by atoms with van der Waals surface area (Å²) < 4.78 is 0.999. The number of thiazole rings is 1. The lowest BCUT2D eigenvalue weighted by atomic mass is 10.2. The molecule has 0 saturated carbocycles. The molecule has 3 rings (SSSR count).